The van der Waals surface area contributed by atoms with Gasteiger partial charge in [-0.2, -0.15) is 0 Å². The molecule has 0 saturated heterocycles. The van der Waals surface area contributed by atoms with Gasteiger partial charge in [0.1, 0.15) is 6.04 Å². The smallest absolute Gasteiger partial charge is 0.320 e. The van der Waals surface area contributed by atoms with E-state index < -0.39 is 22.8 Å². The molecular weight excluding hydrogens is 278 g/mol. The van der Waals surface area contributed by atoms with Crippen molar-refractivity contribution in [1.29, 1.82) is 0 Å². The Kier molecular flexibility index (Phi) is 5.37. The van der Waals surface area contributed by atoms with E-state index >= 15 is 0 Å². The van der Waals surface area contributed by atoms with Gasteiger partial charge >= 0.3 is 5.97 Å². The first kappa shape index (κ1) is 16.6. The van der Waals surface area contributed by atoms with E-state index in [2.05, 4.69) is 0 Å². The largest absolute Gasteiger partial charge is 0.480 e. The van der Waals surface area contributed by atoms with Gasteiger partial charge < -0.3 is 10.8 Å². The summed E-state index contributed by atoms with van der Waals surface area (Å²) in [6.45, 7) is 1.81. The first-order chi connectivity index (χ1) is 9.77. The zero-order chi connectivity index (χ0) is 16.2. The van der Waals surface area contributed by atoms with Crippen LogP contribution in [-0.2, 0) is 11.3 Å². The second-order valence-corrected chi connectivity index (χ2v) is 4.64. The highest BCUT2D eigenvalue weighted by Gasteiger charge is 2.24. The van der Waals surface area contributed by atoms with Gasteiger partial charge in [-0.1, -0.05) is 13.0 Å². The SMILES string of the molecule is CCC(C(=O)O)N(C)Cc1ccc(C(N)=O)cc1[N+](=O)[O-]. The number of likely N-dealkylation sites (N-methyl/N-ethyl adjacent to an activating group) is 1. The van der Waals surface area contributed by atoms with E-state index in [1.54, 1.807) is 14.0 Å². The average Bonchev–Trinajstić information content (AvgIpc) is 2.38. The maximum Gasteiger partial charge on any atom is 0.320 e. The highest BCUT2D eigenvalue weighted by atomic mass is 16.6. The summed E-state index contributed by atoms with van der Waals surface area (Å²) in [5.74, 6) is -1.74. The molecule has 1 unspecified atom stereocenters. The highest BCUT2D eigenvalue weighted by Crippen LogP contribution is 2.22. The van der Waals surface area contributed by atoms with Crippen LogP contribution in [0.3, 0.4) is 0 Å². The number of benzene rings is 1. The number of aliphatic carboxylic acids is 1. The Hall–Kier alpha value is -2.48. The Morgan fingerprint density at radius 2 is 2.10 bits per heavy atom. The van der Waals surface area contributed by atoms with Crippen LogP contribution in [0.5, 0.6) is 0 Å². The van der Waals surface area contributed by atoms with Crippen LogP contribution in [0.2, 0.25) is 0 Å². The number of carbonyl (C=O) groups excluding carboxylic acids is 1. The number of carbonyl (C=O) groups is 2. The number of hydrogen-bond acceptors (Lipinski definition) is 5. The normalized spacial score (nSPS) is 12.1. The van der Waals surface area contributed by atoms with Crippen molar-refractivity contribution in [2.24, 2.45) is 5.73 Å². The number of rotatable bonds is 7. The van der Waals surface area contributed by atoms with Gasteiger partial charge in [-0.3, -0.25) is 24.6 Å². The third-order valence-corrected chi connectivity index (χ3v) is 3.19. The third kappa shape index (κ3) is 3.99. The van der Waals surface area contributed by atoms with Crippen LogP contribution in [0.25, 0.3) is 0 Å². The summed E-state index contributed by atoms with van der Waals surface area (Å²) in [4.78, 5) is 34.1. The molecule has 0 aliphatic rings. The molecule has 1 aromatic rings. The van der Waals surface area contributed by atoms with Gasteiger partial charge in [0.05, 0.1) is 4.92 Å². The van der Waals surface area contributed by atoms with E-state index in [1.165, 1.54) is 17.0 Å². The van der Waals surface area contributed by atoms with Crippen molar-refractivity contribution in [2.75, 3.05) is 7.05 Å². The van der Waals surface area contributed by atoms with Crippen molar-refractivity contribution in [1.82, 2.24) is 4.90 Å². The van der Waals surface area contributed by atoms with Gasteiger partial charge in [0, 0.05) is 23.7 Å². The van der Waals surface area contributed by atoms with Crippen molar-refractivity contribution in [2.45, 2.75) is 25.9 Å². The van der Waals surface area contributed by atoms with E-state index in [9.17, 15) is 19.7 Å². The molecule has 0 aliphatic heterocycles. The van der Waals surface area contributed by atoms with Crippen molar-refractivity contribution in [3.05, 3.63) is 39.4 Å². The monoisotopic (exact) mass is 295 g/mol. The fourth-order valence-electron chi connectivity index (χ4n) is 2.07. The summed E-state index contributed by atoms with van der Waals surface area (Å²) in [5, 5.41) is 20.2. The van der Waals surface area contributed by atoms with E-state index in [4.69, 9.17) is 10.8 Å². The van der Waals surface area contributed by atoms with Gasteiger partial charge in [-0.25, -0.2) is 0 Å². The van der Waals surface area contributed by atoms with Crippen LogP contribution < -0.4 is 5.73 Å². The molecule has 0 heterocycles. The maximum atomic E-state index is 11.1. The van der Waals surface area contributed by atoms with Crippen molar-refractivity contribution in [3.8, 4) is 0 Å². The summed E-state index contributed by atoms with van der Waals surface area (Å²) in [6.07, 6.45) is 0.374. The Balaban J connectivity index is 3.10. The summed E-state index contributed by atoms with van der Waals surface area (Å²) in [5.41, 5.74) is 5.21. The molecule has 0 fully saturated rings. The van der Waals surface area contributed by atoms with Gasteiger partial charge in [0.15, 0.2) is 0 Å². The second kappa shape index (κ2) is 6.80. The number of carboxylic acids is 1. The lowest BCUT2D eigenvalue weighted by atomic mass is 10.1. The predicted molar refractivity (Wildman–Crippen MR) is 74.8 cm³/mol. The number of nitrogens with two attached hydrogens (primary N) is 1. The summed E-state index contributed by atoms with van der Waals surface area (Å²) >= 11 is 0. The molecule has 21 heavy (non-hydrogen) atoms. The lowest BCUT2D eigenvalue weighted by Crippen LogP contribution is -2.37. The molecule has 114 valence electrons. The van der Waals surface area contributed by atoms with Crippen LogP contribution >= 0.6 is 0 Å². The predicted octanol–water partition coefficient (Wildman–Crippen LogP) is 0.989. The Labute approximate surface area is 121 Å². The average molecular weight is 295 g/mol. The van der Waals surface area contributed by atoms with Crippen LogP contribution in [0.1, 0.15) is 29.3 Å². The topological polar surface area (TPSA) is 127 Å². The van der Waals surface area contributed by atoms with Gasteiger partial charge in [-0.05, 0) is 19.5 Å². The maximum absolute atomic E-state index is 11.1. The minimum absolute atomic E-state index is 0.0402. The molecule has 1 atom stereocenters. The fraction of sp³-hybridized carbons (Fsp3) is 0.385. The second-order valence-electron chi connectivity index (χ2n) is 4.64. The first-order valence-electron chi connectivity index (χ1n) is 6.28. The molecule has 1 aromatic carbocycles. The first-order valence-corrected chi connectivity index (χ1v) is 6.28. The van der Waals surface area contributed by atoms with Crippen LogP contribution in [0.15, 0.2) is 18.2 Å². The quantitative estimate of drug-likeness (QED) is 0.570. The molecular formula is C13H17N3O5. The molecule has 3 N–H and O–H groups in total. The van der Waals surface area contributed by atoms with Crippen molar-refractivity contribution < 1.29 is 19.6 Å². The molecule has 8 nitrogen and oxygen atoms in total. The zero-order valence-electron chi connectivity index (χ0n) is 11.8. The van der Waals surface area contributed by atoms with Crippen LogP contribution in [0, 0.1) is 10.1 Å². The van der Waals surface area contributed by atoms with Crippen molar-refractivity contribution >= 4 is 17.6 Å². The minimum atomic E-state index is -0.989. The number of nitrogens with zero attached hydrogens (tertiary/aromatic N) is 2. The summed E-state index contributed by atoms with van der Waals surface area (Å²) in [6, 6.07) is 3.18. The molecule has 0 aromatic heterocycles. The number of nitro groups is 1. The van der Waals surface area contributed by atoms with E-state index in [-0.39, 0.29) is 17.8 Å². The van der Waals surface area contributed by atoms with Crippen LogP contribution in [-0.4, -0.2) is 39.9 Å². The van der Waals surface area contributed by atoms with Gasteiger partial charge in [-0.15, -0.1) is 0 Å². The standard InChI is InChI=1S/C13H17N3O5/c1-3-10(13(18)19)15(2)7-9-5-4-8(12(14)17)6-11(9)16(20)21/h4-6,10H,3,7H2,1-2H3,(H2,14,17)(H,18,19). The number of primary amides is 1. The Morgan fingerprint density at radius 1 is 1.48 bits per heavy atom. The molecule has 0 saturated carbocycles. The van der Waals surface area contributed by atoms with Gasteiger partial charge in [0.2, 0.25) is 5.91 Å². The summed E-state index contributed by atoms with van der Waals surface area (Å²) in [7, 11) is 1.58. The number of carboxylic acid groups (broad SMARTS) is 1. The molecule has 1 rings (SSSR count). The van der Waals surface area contributed by atoms with Crippen molar-refractivity contribution in [3.63, 3.8) is 0 Å². The molecule has 0 radical (unpaired) electrons. The molecule has 0 bridgehead atoms. The Morgan fingerprint density at radius 3 is 2.52 bits per heavy atom. The molecule has 0 spiro atoms. The van der Waals surface area contributed by atoms with Crippen LogP contribution in [0.4, 0.5) is 5.69 Å². The lowest BCUT2D eigenvalue weighted by Gasteiger charge is -2.23. The summed E-state index contributed by atoms with van der Waals surface area (Å²) < 4.78 is 0. The number of hydrogen-bond donors (Lipinski definition) is 2. The van der Waals surface area contributed by atoms with Gasteiger partial charge in [0.25, 0.3) is 5.69 Å². The number of amides is 1. The van der Waals surface area contributed by atoms with E-state index in [1.807, 2.05) is 0 Å². The van der Waals surface area contributed by atoms with E-state index in [0.29, 0.717) is 12.0 Å². The molecule has 0 aliphatic carbocycles. The third-order valence-electron chi connectivity index (χ3n) is 3.19. The Bertz CT molecular complexity index is 573. The molecule has 1 amide bonds. The highest BCUT2D eigenvalue weighted by molar-refractivity contribution is 5.93. The van der Waals surface area contributed by atoms with E-state index in [0.717, 1.165) is 6.07 Å². The molecule has 8 heteroatoms. The minimum Gasteiger partial charge on any atom is -0.480 e. The zero-order valence-corrected chi connectivity index (χ0v) is 11.8. The number of nitro benzene ring substituents is 1. The fourth-order valence-corrected chi connectivity index (χ4v) is 2.07. The lowest BCUT2D eigenvalue weighted by molar-refractivity contribution is -0.385.